The zero-order valence-corrected chi connectivity index (χ0v) is 17.5. The molecule has 1 aromatic heterocycles. The van der Waals surface area contributed by atoms with Crippen LogP contribution in [-0.2, 0) is 13.1 Å². The van der Waals surface area contributed by atoms with Gasteiger partial charge in [-0.15, -0.1) is 0 Å². The van der Waals surface area contributed by atoms with Crippen molar-refractivity contribution in [2.75, 3.05) is 7.05 Å². The number of aromatic amines is 1. The molecule has 1 aliphatic heterocycles. The lowest BCUT2D eigenvalue weighted by Gasteiger charge is -2.10. The zero-order valence-electron chi connectivity index (χ0n) is 17.5. The number of halogens is 1. The molecule has 0 saturated heterocycles. The second kappa shape index (κ2) is 7.94. The van der Waals surface area contributed by atoms with Crippen molar-refractivity contribution in [1.29, 1.82) is 5.41 Å². The van der Waals surface area contributed by atoms with Gasteiger partial charge in [0.15, 0.2) is 11.6 Å². The first-order valence-corrected chi connectivity index (χ1v) is 10.3. The van der Waals surface area contributed by atoms with Crippen molar-refractivity contribution in [3.8, 4) is 11.1 Å². The van der Waals surface area contributed by atoms with Gasteiger partial charge in [0.25, 0.3) is 0 Å². The van der Waals surface area contributed by atoms with Crippen LogP contribution in [0.2, 0.25) is 0 Å². The van der Waals surface area contributed by atoms with Crippen LogP contribution in [0, 0.1) is 11.2 Å². The lowest BCUT2D eigenvalue weighted by Crippen LogP contribution is -2.15. The van der Waals surface area contributed by atoms with Crippen LogP contribution in [0.15, 0.2) is 66.4 Å². The Morgan fingerprint density at radius 2 is 1.78 bits per heavy atom. The molecular formula is C25H22FN5O. The third-order valence-corrected chi connectivity index (χ3v) is 5.75. The highest BCUT2D eigenvalue weighted by Gasteiger charge is 2.19. The van der Waals surface area contributed by atoms with Crippen LogP contribution in [0.3, 0.4) is 0 Å². The lowest BCUT2D eigenvalue weighted by atomic mass is 10.0. The molecule has 3 aromatic carbocycles. The summed E-state index contributed by atoms with van der Waals surface area (Å²) in [4.78, 5) is 7.86. The molecule has 4 aromatic rings. The van der Waals surface area contributed by atoms with E-state index in [0.29, 0.717) is 28.2 Å². The number of hydrogen-bond acceptors (Lipinski definition) is 5. The van der Waals surface area contributed by atoms with E-state index in [1.165, 1.54) is 17.2 Å². The summed E-state index contributed by atoms with van der Waals surface area (Å²) in [5.41, 5.74) is 6.13. The SMILES string of the molecule is CN/C(=C(/O)C(=N)c1ccc(-c2ccccc2F)cc1)c1nc2cc3c(cc2[nH]1)CNC3. The molecule has 0 bridgehead atoms. The fraction of sp³-hybridized carbons (Fsp3) is 0.120. The van der Waals surface area contributed by atoms with Crippen molar-refractivity contribution >= 4 is 22.4 Å². The van der Waals surface area contributed by atoms with Crippen LogP contribution in [0.5, 0.6) is 0 Å². The smallest absolute Gasteiger partial charge is 0.168 e. The number of aliphatic hydroxyl groups excluding tert-OH is 1. The van der Waals surface area contributed by atoms with E-state index < -0.39 is 0 Å². The Morgan fingerprint density at radius 3 is 2.50 bits per heavy atom. The third kappa shape index (κ3) is 3.42. The number of H-pyrrole nitrogens is 1. The fourth-order valence-corrected chi connectivity index (χ4v) is 4.05. The van der Waals surface area contributed by atoms with Gasteiger partial charge in [-0.05, 0) is 34.9 Å². The number of nitrogens with zero attached hydrogens (tertiary/aromatic N) is 1. The first-order valence-electron chi connectivity index (χ1n) is 10.3. The Morgan fingerprint density at radius 1 is 1.06 bits per heavy atom. The number of nitrogens with one attached hydrogen (secondary N) is 4. The highest BCUT2D eigenvalue weighted by atomic mass is 19.1. The van der Waals surface area contributed by atoms with E-state index in [0.717, 1.165) is 24.1 Å². The summed E-state index contributed by atoms with van der Waals surface area (Å²) in [5, 5.41) is 25.7. The molecule has 0 radical (unpaired) electrons. The number of rotatable bonds is 5. The standard InChI is InChI=1S/C25H22FN5O/c1-28-23(25-30-20-10-16-12-29-13-17(16)11-21(20)31-25)24(32)22(27)15-8-6-14(7-9-15)18-4-2-3-5-19(18)26/h2-11,27-29,32H,12-13H2,1H3,(H,30,31)/b24-23+,27-22?. The molecule has 6 nitrogen and oxygen atoms in total. The van der Waals surface area contributed by atoms with E-state index >= 15 is 0 Å². The summed E-state index contributed by atoms with van der Waals surface area (Å²) in [5.74, 6) is -0.0639. The summed E-state index contributed by atoms with van der Waals surface area (Å²) in [7, 11) is 1.68. The maximum Gasteiger partial charge on any atom is 0.168 e. The summed E-state index contributed by atoms with van der Waals surface area (Å²) in [6.45, 7) is 1.65. The Labute approximate surface area is 184 Å². The van der Waals surface area contributed by atoms with Crippen LogP contribution in [0.4, 0.5) is 4.39 Å². The van der Waals surface area contributed by atoms with Gasteiger partial charge in [-0.25, -0.2) is 9.37 Å². The summed E-state index contributed by atoms with van der Waals surface area (Å²) in [6.07, 6.45) is 0. The van der Waals surface area contributed by atoms with Gasteiger partial charge in [0.2, 0.25) is 0 Å². The van der Waals surface area contributed by atoms with Gasteiger partial charge in [-0.1, -0.05) is 42.5 Å². The van der Waals surface area contributed by atoms with Crippen LogP contribution < -0.4 is 10.6 Å². The molecule has 0 amide bonds. The average Bonchev–Trinajstić information content (AvgIpc) is 3.43. The van der Waals surface area contributed by atoms with E-state index in [9.17, 15) is 9.50 Å². The number of aliphatic hydroxyl groups is 1. The maximum absolute atomic E-state index is 14.1. The Balaban J connectivity index is 1.47. The van der Waals surface area contributed by atoms with Gasteiger partial charge in [0.05, 0.1) is 11.0 Å². The van der Waals surface area contributed by atoms with E-state index in [1.54, 1.807) is 49.5 Å². The van der Waals surface area contributed by atoms with Gasteiger partial charge in [0.1, 0.15) is 17.2 Å². The van der Waals surface area contributed by atoms with Crippen LogP contribution in [0.25, 0.3) is 27.9 Å². The van der Waals surface area contributed by atoms with Crippen molar-refractivity contribution < 1.29 is 9.50 Å². The van der Waals surface area contributed by atoms with Crippen LogP contribution in [0.1, 0.15) is 22.5 Å². The lowest BCUT2D eigenvalue weighted by molar-refractivity contribution is 0.442. The van der Waals surface area contributed by atoms with E-state index in [1.807, 2.05) is 6.07 Å². The number of allylic oxidation sites excluding steroid dienone is 1. The molecule has 5 rings (SSSR count). The van der Waals surface area contributed by atoms with Gasteiger partial charge < -0.3 is 20.7 Å². The quantitative estimate of drug-likeness (QED) is 0.240. The number of fused-ring (bicyclic) bond motifs is 2. The third-order valence-electron chi connectivity index (χ3n) is 5.75. The van der Waals surface area contributed by atoms with E-state index in [2.05, 4.69) is 26.7 Å². The first-order chi connectivity index (χ1) is 15.5. The predicted octanol–water partition coefficient (Wildman–Crippen LogP) is 4.49. The van der Waals surface area contributed by atoms with Crippen molar-refractivity contribution in [3.63, 3.8) is 0 Å². The summed E-state index contributed by atoms with van der Waals surface area (Å²) < 4.78 is 14.1. The van der Waals surface area contributed by atoms with Crippen molar-refractivity contribution in [3.05, 3.63) is 94.8 Å². The second-order valence-corrected chi connectivity index (χ2v) is 7.73. The Kier molecular flexibility index (Phi) is 4.95. The molecule has 0 unspecified atom stereocenters. The summed E-state index contributed by atoms with van der Waals surface area (Å²) >= 11 is 0. The minimum atomic E-state index is -0.304. The molecule has 2 heterocycles. The zero-order chi connectivity index (χ0) is 22.2. The second-order valence-electron chi connectivity index (χ2n) is 7.73. The monoisotopic (exact) mass is 427 g/mol. The normalized spacial score (nSPS) is 13.7. The van der Waals surface area contributed by atoms with Gasteiger partial charge >= 0.3 is 0 Å². The van der Waals surface area contributed by atoms with Crippen LogP contribution >= 0.6 is 0 Å². The van der Waals surface area contributed by atoms with Crippen molar-refractivity contribution in [2.45, 2.75) is 13.1 Å². The van der Waals surface area contributed by atoms with Gasteiger partial charge in [0, 0.05) is 31.3 Å². The number of hydrogen-bond donors (Lipinski definition) is 5. The molecule has 0 spiro atoms. The number of aromatic nitrogens is 2. The molecular weight excluding hydrogens is 405 g/mol. The highest BCUT2D eigenvalue weighted by Crippen LogP contribution is 2.26. The molecule has 160 valence electrons. The minimum Gasteiger partial charge on any atom is -0.504 e. The van der Waals surface area contributed by atoms with E-state index in [4.69, 9.17) is 5.41 Å². The largest absolute Gasteiger partial charge is 0.504 e. The fourth-order valence-electron chi connectivity index (χ4n) is 4.05. The van der Waals surface area contributed by atoms with Gasteiger partial charge in [-0.3, -0.25) is 5.41 Å². The number of imidazole rings is 1. The maximum atomic E-state index is 14.1. The van der Waals surface area contributed by atoms with Crippen molar-refractivity contribution in [1.82, 2.24) is 20.6 Å². The minimum absolute atomic E-state index is 0.0541. The molecule has 32 heavy (non-hydrogen) atoms. The average molecular weight is 427 g/mol. The molecule has 7 heteroatoms. The molecule has 0 saturated carbocycles. The molecule has 1 aliphatic rings. The molecule has 5 N–H and O–H groups in total. The number of benzene rings is 3. The molecule has 0 fully saturated rings. The predicted molar refractivity (Wildman–Crippen MR) is 124 cm³/mol. The van der Waals surface area contributed by atoms with Crippen molar-refractivity contribution in [2.24, 2.45) is 0 Å². The van der Waals surface area contributed by atoms with E-state index in [-0.39, 0.29) is 17.3 Å². The Hall–Kier alpha value is -3.97. The first kappa shape index (κ1) is 20.0. The molecule has 0 atom stereocenters. The highest BCUT2D eigenvalue weighted by molar-refractivity contribution is 6.12. The van der Waals surface area contributed by atoms with Gasteiger partial charge in [-0.2, -0.15) is 0 Å². The van der Waals surface area contributed by atoms with Crippen LogP contribution in [-0.4, -0.2) is 27.8 Å². The molecule has 0 aliphatic carbocycles. The topological polar surface area (TPSA) is 96.8 Å². The Bertz CT molecular complexity index is 1330. The summed E-state index contributed by atoms with van der Waals surface area (Å²) in [6, 6.07) is 17.5.